The average molecular weight is 337 g/mol. The molecule has 1 amide bonds. The van der Waals surface area contributed by atoms with Gasteiger partial charge in [-0.2, -0.15) is 0 Å². The van der Waals surface area contributed by atoms with Gasteiger partial charge >= 0.3 is 5.97 Å². The Labute approximate surface area is 140 Å². The lowest BCUT2D eigenvalue weighted by Crippen LogP contribution is -2.42. The number of carbonyl (C=O) groups excluding carboxylic acids is 2. The molecule has 1 saturated carbocycles. The maximum absolute atomic E-state index is 12.0. The SMILES string of the molecule is COc1ccc(NC(=O)COC(=O)C2(O)CCCCC2)c(OC)c1. The van der Waals surface area contributed by atoms with Gasteiger partial charge in [0.15, 0.2) is 12.2 Å². The Morgan fingerprint density at radius 2 is 1.88 bits per heavy atom. The zero-order valence-corrected chi connectivity index (χ0v) is 14.0. The van der Waals surface area contributed by atoms with Crippen LogP contribution in [0.1, 0.15) is 32.1 Å². The summed E-state index contributed by atoms with van der Waals surface area (Å²) in [6, 6.07) is 4.94. The van der Waals surface area contributed by atoms with E-state index in [1.165, 1.54) is 14.2 Å². The number of esters is 1. The van der Waals surface area contributed by atoms with Crippen LogP contribution in [0.15, 0.2) is 18.2 Å². The van der Waals surface area contributed by atoms with E-state index >= 15 is 0 Å². The first-order valence-electron chi connectivity index (χ1n) is 7.90. The highest BCUT2D eigenvalue weighted by molar-refractivity contribution is 5.94. The minimum Gasteiger partial charge on any atom is -0.497 e. The van der Waals surface area contributed by atoms with Crippen molar-refractivity contribution in [1.29, 1.82) is 0 Å². The molecule has 7 nitrogen and oxygen atoms in total. The maximum atomic E-state index is 12.0. The van der Waals surface area contributed by atoms with Crippen LogP contribution in [0.3, 0.4) is 0 Å². The third kappa shape index (κ3) is 4.38. The van der Waals surface area contributed by atoms with Gasteiger partial charge in [-0.25, -0.2) is 4.79 Å². The molecule has 2 rings (SSSR count). The number of carbonyl (C=O) groups is 2. The lowest BCUT2D eigenvalue weighted by molar-refractivity contribution is -0.170. The molecule has 0 saturated heterocycles. The summed E-state index contributed by atoms with van der Waals surface area (Å²) in [5, 5.41) is 12.8. The molecule has 24 heavy (non-hydrogen) atoms. The third-order valence-electron chi connectivity index (χ3n) is 4.08. The van der Waals surface area contributed by atoms with Crippen LogP contribution in [0.2, 0.25) is 0 Å². The topological polar surface area (TPSA) is 94.1 Å². The maximum Gasteiger partial charge on any atom is 0.338 e. The van der Waals surface area contributed by atoms with E-state index in [1.807, 2.05) is 0 Å². The Balaban J connectivity index is 1.90. The molecule has 1 aliphatic carbocycles. The van der Waals surface area contributed by atoms with Gasteiger partial charge in [0, 0.05) is 6.07 Å². The van der Waals surface area contributed by atoms with Crippen LogP contribution in [0.25, 0.3) is 0 Å². The van der Waals surface area contributed by atoms with Crippen molar-refractivity contribution in [2.24, 2.45) is 0 Å². The number of hydrogen-bond acceptors (Lipinski definition) is 6. The first-order chi connectivity index (χ1) is 11.5. The van der Waals surface area contributed by atoms with E-state index in [4.69, 9.17) is 14.2 Å². The van der Waals surface area contributed by atoms with Gasteiger partial charge in [-0.05, 0) is 37.8 Å². The van der Waals surface area contributed by atoms with Crippen LogP contribution in [0.4, 0.5) is 5.69 Å². The Kier molecular flexibility index (Phi) is 6.03. The molecule has 0 aromatic heterocycles. The minimum atomic E-state index is -1.46. The van der Waals surface area contributed by atoms with Gasteiger partial charge in [-0.1, -0.05) is 6.42 Å². The van der Waals surface area contributed by atoms with Gasteiger partial charge in [-0.3, -0.25) is 4.79 Å². The molecule has 0 unspecified atom stereocenters. The fourth-order valence-electron chi connectivity index (χ4n) is 2.69. The normalized spacial score (nSPS) is 16.1. The van der Waals surface area contributed by atoms with Crippen LogP contribution >= 0.6 is 0 Å². The molecule has 0 radical (unpaired) electrons. The van der Waals surface area contributed by atoms with E-state index in [1.54, 1.807) is 18.2 Å². The van der Waals surface area contributed by atoms with E-state index in [0.29, 0.717) is 30.0 Å². The summed E-state index contributed by atoms with van der Waals surface area (Å²) in [5.74, 6) is -0.221. The van der Waals surface area contributed by atoms with E-state index in [9.17, 15) is 14.7 Å². The number of anilines is 1. The summed E-state index contributed by atoms with van der Waals surface area (Å²) in [6.07, 6.45) is 3.30. The third-order valence-corrected chi connectivity index (χ3v) is 4.08. The highest BCUT2D eigenvalue weighted by Gasteiger charge is 2.38. The first kappa shape index (κ1) is 18.1. The quantitative estimate of drug-likeness (QED) is 0.770. The largest absolute Gasteiger partial charge is 0.497 e. The Bertz CT molecular complexity index is 595. The van der Waals surface area contributed by atoms with E-state index in [-0.39, 0.29) is 0 Å². The number of benzene rings is 1. The summed E-state index contributed by atoms with van der Waals surface area (Å²) < 4.78 is 15.2. The van der Waals surface area contributed by atoms with Gasteiger partial charge in [-0.15, -0.1) is 0 Å². The molecule has 2 N–H and O–H groups in total. The summed E-state index contributed by atoms with van der Waals surface area (Å²) >= 11 is 0. The lowest BCUT2D eigenvalue weighted by atomic mass is 9.85. The van der Waals surface area contributed by atoms with Crippen LogP contribution in [0, 0.1) is 0 Å². The minimum absolute atomic E-state index is 0.375. The highest BCUT2D eigenvalue weighted by atomic mass is 16.6. The number of hydrogen-bond donors (Lipinski definition) is 2. The Morgan fingerprint density at radius 3 is 2.50 bits per heavy atom. The van der Waals surface area contributed by atoms with Crippen molar-refractivity contribution >= 4 is 17.6 Å². The zero-order chi connectivity index (χ0) is 17.6. The van der Waals surface area contributed by atoms with E-state index in [0.717, 1.165) is 19.3 Å². The summed E-state index contributed by atoms with van der Waals surface area (Å²) in [6.45, 7) is -0.462. The summed E-state index contributed by atoms with van der Waals surface area (Å²) in [7, 11) is 3.01. The molecular weight excluding hydrogens is 314 g/mol. The second-order valence-corrected chi connectivity index (χ2v) is 5.78. The predicted octanol–water partition coefficient (Wildman–Crippen LogP) is 1.88. The van der Waals surface area contributed by atoms with Crippen LogP contribution < -0.4 is 14.8 Å². The number of rotatable bonds is 6. The van der Waals surface area contributed by atoms with Gasteiger partial charge in [0.25, 0.3) is 5.91 Å². The molecule has 132 valence electrons. The van der Waals surface area contributed by atoms with Crippen LogP contribution in [0.5, 0.6) is 11.5 Å². The molecule has 0 spiro atoms. The van der Waals surface area contributed by atoms with Gasteiger partial charge in [0.2, 0.25) is 0 Å². The van der Waals surface area contributed by atoms with Crippen molar-refractivity contribution in [3.63, 3.8) is 0 Å². The van der Waals surface area contributed by atoms with Crippen LogP contribution in [-0.4, -0.2) is 43.4 Å². The number of aliphatic hydroxyl groups is 1. The van der Waals surface area contributed by atoms with E-state index in [2.05, 4.69) is 5.32 Å². The molecule has 1 aromatic rings. The molecule has 0 atom stereocenters. The number of amides is 1. The van der Waals surface area contributed by atoms with Crippen molar-refractivity contribution in [3.8, 4) is 11.5 Å². The molecular formula is C17H23NO6. The molecule has 0 heterocycles. The number of nitrogens with one attached hydrogen (secondary N) is 1. The highest BCUT2D eigenvalue weighted by Crippen LogP contribution is 2.30. The molecule has 1 fully saturated rings. The van der Waals surface area contributed by atoms with Crippen molar-refractivity contribution in [2.75, 3.05) is 26.1 Å². The fraction of sp³-hybridized carbons (Fsp3) is 0.529. The second kappa shape index (κ2) is 8.01. The van der Waals surface area contributed by atoms with Gasteiger partial charge in [0.05, 0.1) is 19.9 Å². The molecule has 1 aliphatic rings. The van der Waals surface area contributed by atoms with Crippen LogP contribution in [-0.2, 0) is 14.3 Å². The second-order valence-electron chi connectivity index (χ2n) is 5.78. The van der Waals surface area contributed by atoms with Gasteiger partial charge < -0.3 is 24.6 Å². The standard InChI is InChI=1S/C17H23NO6/c1-22-12-6-7-13(14(10-12)23-2)18-15(19)11-24-16(20)17(21)8-4-3-5-9-17/h6-7,10,21H,3-5,8-9,11H2,1-2H3,(H,18,19). The Hall–Kier alpha value is -2.28. The van der Waals surface area contributed by atoms with Crippen molar-refractivity contribution in [1.82, 2.24) is 0 Å². The average Bonchev–Trinajstić information content (AvgIpc) is 2.60. The lowest BCUT2D eigenvalue weighted by Gasteiger charge is -2.29. The van der Waals surface area contributed by atoms with Crippen molar-refractivity contribution in [3.05, 3.63) is 18.2 Å². The smallest absolute Gasteiger partial charge is 0.338 e. The Morgan fingerprint density at radius 1 is 1.17 bits per heavy atom. The van der Waals surface area contributed by atoms with E-state index < -0.39 is 24.1 Å². The summed E-state index contributed by atoms with van der Waals surface area (Å²) in [4.78, 5) is 24.0. The molecule has 0 bridgehead atoms. The van der Waals surface area contributed by atoms with Gasteiger partial charge in [0.1, 0.15) is 11.5 Å². The van der Waals surface area contributed by atoms with Crippen molar-refractivity contribution in [2.45, 2.75) is 37.7 Å². The monoisotopic (exact) mass is 337 g/mol. The van der Waals surface area contributed by atoms with Crippen molar-refractivity contribution < 1.29 is 28.9 Å². The molecule has 0 aliphatic heterocycles. The number of methoxy groups -OCH3 is 2. The molecule has 1 aromatic carbocycles. The predicted molar refractivity (Wildman–Crippen MR) is 87.2 cm³/mol. The fourth-order valence-corrected chi connectivity index (χ4v) is 2.69. The number of ether oxygens (including phenoxy) is 3. The molecule has 7 heteroatoms. The first-order valence-corrected chi connectivity index (χ1v) is 7.90. The summed E-state index contributed by atoms with van der Waals surface area (Å²) in [5.41, 5.74) is -1.02. The zero-order valence-electron chi connectivity index (χ0n) is 14.0.